The Morgan fingerprint density at radius 2 is 1.95 bits per heavy atom. The molecule has 0 heterocycles. The van der Waals surface area contributed by atoms with Gasteiger partial charge in [0.05, 0.1) is 0 Å². The van der Waals surface area contributed by atoms with E-state index in [4.69, 9.17) is 23.2 Å². The topological polar surface area (TPSA) is 12.0 Å². The Bertz CT molecular complexity index is 411. The highest BCUT2D eigenvalue weighted by Gasteiger charge is 2.23. The molecule has 4 heteroatoms. The van der Waals surface area contributed by atoms with Crippen molar-refractivity contribution in [2.45, 2.75) is 32.2 Å². The molecule has 1 fully saturated rings. The third kappa shape index (κ3) is 4.34. The quantitative estimate of drug-likeness (QED) is 0.783. The summed E-state index contributed by atoms with van der Waals surface area (Å²) in [7, 11) is 0. The molecular formula is C15H20Cl2FN. The van der Waals surface area contributed by atoms with Crippen LogP contribution in [0.2, 0.25) is 5.02 Å². The molecule has 1 aliphatic rings. The molecule has 0 bridgehead atoms. The number of nitrogens with one attached hydrogen (secondary N) is 1. The molecule has 0 spiro atoms. The summed E-state index contributed by atoms with van der Waals surface area (Å²) in [6, 6.07) is 4.83. The molecule has 2 atom stereocenters. The normalized spacial score (nSPS) is 23.5. The number of benzene rings is 1. The summed E-state index contributed by atoms with van der Waals surface area (Å²) in [5, 5.41) is 3.79. The van der Waals surface area contributed by atoms with Crippen molar-refractivity contribution in [1.29, 1.82) is 0 Å². The molecule has 1 saturated carbocycles. The van der Waals surface area contributed by atoms with Crippen LogP contribution in [0.4, 0.5) is 4.39 Å². The van der Waals surface area contributed by atoms with E-state index in [0.29, 0.717) is 29.0 Å². The summed E-state index contributed by atoms with van der Waals surface area (Å²) in [4.78, 5) is 0. The fourth-order valence-electron chi connectivity index (χ4n) is 2.81. The van der Waals surface area contributed by atoms with E-state index < -0.39 is 0 Å². The lowest BCUT2D eigenvalue weighted by molar-refractivity contribution is 0.250. The minimum atomic E-state index is -0.238. The summed E-state index contributed by atoms with van der Waals surface area (Å²) in [6.07, 6.45) is 5.04. The first-order valence-corrected chi connectivity index (χ1v) is 7.82. The Balaban J connectivity index is 1.82. The molecule has 0 radical (unpaired) electrons. The lowest BCUT2D eigenvalue weighted by Crippen LogP contribution is -2.31. The van der Waals surface area contributed by atoms with Crippen molar-refractivity contribution < 1.29 is 4.39 Å². The van der Waals surface area contributed by atoms with Gasteiger partial charge in [-0.05, 0) is 43.4 Å². The van der Waals surface area contributed by atoms with E-state index >= 15 is 0 Å². The van der Waals surface area contributed by atoms with Crippen LogP contribution in [0, 0.1) is 17.7 Å². The van der Waals surface area contributed by atoms with Crippen molar-refractivity contribution in [3.8, 4) is 0 Å². The molecule has 106 valence electrons. The molecule has 0 amide bonds. The fourth-order valence-corrected chi connectivity index (χ4v) is 3.38. The molecule has 1 aliphatic carbocycles. The largest absolute Gasteiger partial charge is 0.312 e. The second-order valence-corrected chi connectivity index (χ2v) is 6.07. The number of halogens is 3. The molecule has 19 heavy (non-hydrogen) atoms. The van der Waals surface area contributed by atoms with Crippen LogP contribution in [0.25, 0.3) is 0 Å². The molecule has 2 unspecified atom stereocenters. The molecule has 1 nitrogen and oxygen atoms in total. The maximum absolute atomic E-state index is 13.6. The molecule has 2 rings (SSSR count). The maximum atomic E-state index is 13.6. The van der Waals surface area contributed by atoms with Gasteiger partial charge >= 0.3 is 0 Å². The summed E-state index contributed by atoms with van der Waals surface area (Å²) in [6.45, 7) is 1.47. The predicted octanol–water partition coefficient (Wildman–Crippen LogP) is 4.61. The van der Waals surface area contributed by atoms with E-state index in [0.717, 1.165) is 12.4 Å². The predicted molar refractivity (Wildman–Crippen MR) is 79.3 cm³/mol. The van der Waals surface area contributed by atoms with Crippen molar-refractivity contribution >= 4 is 23.2 Å². The minimum absolute atomic E-state index is 0.238. The first-order chi connectivity index (χ1) is 9.20. The number of hydrogen-bond acceptors (Lipinski definition) is 1. The van der Waals surface area contributed by atoms with Gasteiger partial charge in [0.25, 0.3) is 0 Å². The van der Waals surface area contributed by atoms with Gasteiger partial charge in [0.1, 0.15) is 5.82 Å². The monoisotopic (exact) mass is 303 g/mol. The minimum Gasteiger partial charge on any atom is -0.312 e. The Hall–Kier alpha value is -0.310. The molecule has 1 aromatic rings. The van der Waals surface area contributed by atoms with Crippen LogP contribution in [0.1, 0.15) is 31.2 Å². The lowest BCUT2D eigenvalue weighted by Gasteiger charge is -2.30. The highest BCUT2D eigenvalue weighted by molar-refractivity contribution is 6.30. The van der Waals surface area contributed by atoms with Crippen molar-refractivity contribution in [2.24, 2.45) is 11.8 Å². The van der Waals surface area contributed by atoms with Gasteiger partial charge in [-0.25, -0.2) is 4.39 Å². The van der Waals surface area contributed by atoms with Gasteiger partial charge in [0.2, 0.25) is 0 Å². The summed E-state index contributed by atoms with van der Waals surface area (Å²) in [5.41, 5.74) is 0.669. The van der Waals surface area contributed by atoms with Gasteiger partial charge in [-0.1, -0.05) is 30.5 Å². The zero-order valence-corrected chi connectivity index (χ0v) is 12.5. The van der Waals surface area contributed by atoms with Crippen LogP contribution in [0.3, 0.4) is 0 Å². The number of rotatable bonds is 5. The highest BCUT2D eigenvalue weighted by atomic mass is 35.5. The van der Waals surface area contributed by atoms with E-state index in [9.17, 15) is 4.39 Å². The van der Waals surface area contributed by atoms with Gasteiger partial charge in [-0.3, -0.25) is 0 Å². The number of hydrogen-bond donors (Lipinski definition) is 1. The summed E-state index contributed by atoms with van der Waals surface area (Å²) in [5.74, 6) is 1.74. The third-order valence-electron chi connectivity index (χ3n) is 4.00. The Morgan fingerprint density at radius 3 is 2.63 bits per heavy atom. The van der Waals surface area contributed by atoms with Crippen LogP contribution in [-0.2, 0) is 6.54 Å². The van der Waals surface area contributed by atoms with Gasteiger partial charge in [-0.15, -0.1) is 11.6 Å². The number of alkyl halides is 1. The first kappa shape index (κ1) is 15.1. The van der Waals surface area contributed by atoms with E-state index in [1.807, 2.05) is 0 Å². The zero-order valence-electron chi connectivity index (χ0n) is 11.0. The van der Waals surface area contributed by atoms with Gasteiger partial charge in [0.15, 0.2) is 0 Å². The van der Waals surface area contributed by atoms with Crippen LogP contribution in [-0.4, -0.2) is 12.4 Å². The molecule has 1 aromatic carbocycles. The average Bonchev–Trinajstić information content (AvgIpc) is 2.42. The second-order valence-electron chi connectivity index (χ2n) is 5.33. The van der Waals surface area contributed by atoms with E-state index in [2.05, 4.69) is 5.32 Å². The van der Waals surface area contributed by atoms with Gasteiger partial charge in [0, 0.05) is 23.0 Å². The molecule has 0 aromatic heterocycles. The van der Waals surface area contributed by atoms with Crippen LogP contribution in [0.5, 0.6) is 0 Å². The third-order valence-corrected chi connectivity index (χ3v) is 4.63. The van der Waals surface area contributed by atoms with E-state index in [1.165, 1.54) is 31.7 Å². The summed E-state index contributed by atoms with van der Waals surface area (Å²) >= 11 is 11.7. The Labute approximate surface area is 124 Å². The first-order valence-electron chi connectivity index (χ1n) is 6.91. The standard InChI is InChI=1S/C15H20Cl2FN/c16-8-11-3-1-2-4-12(11)9-19-10-13-5-6-14(17)7-15(13)18/h5-7,11-12,19H,1-4,8-10H2. The second kappa shape index (κ2) is 7.47. The van der Waals surface area contributed by atoms with E-state index in [-0.39, 0.29) is 5.82 Å². The maximum Gasteiger partial charge on any atom is 0.129 e. The van der Waals surface area contributed by atoms with Crippen molar-refractivity contribution in [1.82, 2.24) is 5.32 Å². The van der Waals surface area contributed by atoms with Gasteiger partial charge in [-0.2, -0.15) is 0 Å². The zero-order chi connectivity index (χ0) is 13.7. The van der Waals surface area contributed by atoms with Gasteiger partial charge < -0.3 is 5.32 Å². The van der Waals surface area contributed by atoms with E-state index in [1.54, 1.807) is 12.1 Å². The molecule has 0 aliphatic heterocycles. The van der Waals surface area contributed by atoms with Crippen molar-refractivity contribution in [3.63, 3.8) is 0 Å². The highest BCUT2D eigenvalue weighted by Crippen LogP contribution is 2.30. The van der Waals surface area contributed by atoms with Crippen LogP contribution < -0.4 is 5.32 Å². The average molecular weight is 304 g/mol. The molecule has 0 saturated heterocycles. The lowest BCUT2D eigenvalue weighted by atomic mass is 9.80. The Morgan fingerprint density at radius 1 is 1.21 bits per heavy atom. The van der Waals surface area contributed by atoms with Crippen molar-refractivity contribution in [2.75, 3.05) is 12.4 Å². The fraction of sp³-hybridized carbons (Fsp3) is 0.600. The Kier molecular flexibility index (Phi) is 5.93. The molecule has 1 N–H and O–H groups in total. The summed E-state index contributed by atoms with van der Waals surface area (Å²) < 4.78 is 13.6. The van der Waals surface area contributed by atoms with Crippen LogP contribution in [0.15, 0.2) is 18.2 Å². The van der Waals surface area contributed by atoms with Crippen molar-refractivity contribution in [3.05, 3.63) is 34.6 Å². The van der Waals surface area contributed by atoms with Crippen LogP contribution >= 0.6 is 23.2 Å². The molecular weight excluding hydrogens is 284 g/mol. The smallest absolute Gasteiger partial charge is 0.129 e. The SMILES string of the molecule is Fc1cc(Cl)ccc1CNCC1CCCCC1CCl.